The molecule has 0 saturated heterocycles. The number of hydrogen-bond acceptors (Lipinski definition) is 3. The zero-order valence-corrected chi connectivity index (χ0v) is 8.93. The highest BCUT2D eigenvalue weighted by molar-refractivity contribution is 5.51. The van der Waals surface area contributed by atoms with E-state index in [0.717, 1.165) is 5.56 Å². The second-order valence-electron chi connectivity index (χ2n) is 3.57. The van der Waals surface area contributed by atoms with E-state index in [1.54, 1.807) is 0 Å². The molecule has 0 aliphatic carbocycles. The fourth-order valence-electron chi connectivity index (χ4n) is 1.68. The minimum Gasteiger partial charge on any atom is -0.454 e. The van der Waals surface area contributed by atoms with Crippen LogP contribution in [0.1, 0.15) is 17.6 Å². The summed E-state index contributed by atoms with van der Waals surface area (Å²) < 4.78 is 35.7. The predicted molar refractivity (Wildman–Crippen MR) is 55.2 cm³/mol. The van der Waals surface area contributed by atoms with E-state index in [0.29, 0.717) is 24.5 Å². The second-order valence-corrected chi connectivity index (χ2v) is 3.57. The van der Waals surface area contributed by atoms with Crippen molar-refractivity contribution in [2.45, 2.75) is 12.8 Å². The van der Waals surface area contributed by atoms with Crippen LogP contribution in [0.2, 0.25) is 0 Å². The van der Waals surface area contributed by atoms with Crippen molar-refractivity contribution in [2.24, 2.45) is 0 Å². The van der Waals surface area contributed by atoms with Crippen LogP contribution in [0.4, 0.5) is 8.78 Å². The van der Waals surface area contributed by atoms with E-state index in [9.17, 15) is 8.78 Å². The van der Waals surface area contributed by atoms with E-state index >= 15 is 0 Å². The molecule has 0 fully saturated rings. The Bertz CT molecular complexity index is 382. The molecule has 1 heterocycles. The first kappa shape index (κ1) is 11.1. The lowest BCUT2D eigenvalue weighted by molar-refractivity contribution is 0.150. The molecular weight excluding hydrogens is 216 g/mol. The molecule has 1 aliphatic heterocycles. The van der Waals surface area contributed by atoms with Crippen molar-refractivity contribution in [1.29, 1.82) is 0 Å². The van der Waals surface area contributed by atoms with E-state index in [1.165, 1.54) is 12.1 Å². The third kappa shape index (κ3) is 2.09. The number of alkyl halides is 2. The molecule has 0 aromatic heterocycles. The normalized spacial score (nSPS) is 13.5. The Kier molecular flexibility index (Phi) is 3.24. The SMILES string of the molecule is CNCCc1cc(C(F)F)cc2c1OCO2. The van der Waals surface area contributed by atoms with E-state index in [1.807, 2.05) is 7.05 Å². The van der Waals surface area contributed by atoms with E-state index < -0.39 is 6.43 Å². The molecule has 1 aromatic rings. The fourth-order valence-corrected chi connectivity index (χ4v) is 1.68. The van der Waals surface area contributed by atoms with Crippen molar-refractivity contribution in [1.82, 2.24) is 5.32 Å². The van der Waals surface area contributed by atoms with Crippen LogP contribution >= 0.6 is 0 Å². The van der Waals surface area contributed by atoms with Crippen LogP contribution in [0.3, 0.4) is 0 Å². The lowest BCUT2D eigenvalue weighted by atomic mass is 10.1. The fraction of sp³-hybridized carbons (Fsp3) is 0.455. The molecule has 1 aliphatic rings. The van der Waals surface area contributed by atoms with Crippen LogP contribution in [0.15, 0.2) is 12.1 Å². The molecule has 0 amide bonds. The first-order valence-corrected chi connectivity index (χ1v) is 5.07. The van der Waals surface area contributed by atoms with Gasteiger partial charge in [-0.2, -0.15) is 0 Å². The number of benzene rings is 1. The van der Waals surface area contributed by atoms with Gasteiger partial charge in [-0.05, 0) is 37.7 Å². The Morgan fingerprint density at radius 3 is 2.88 bits per heavy atom. The minimum atomic E-state index is -2.48. The van der Waals surface area contributed by atoms with Gasteiger partial charge in [-0.25, -0.2) is 8.78 Å². The molecule has 0 radical (unpaired) electrons. The number of nitrogens with one attached hydrogen (secondary N) is 1. The van der Waals surface area contributed by atoms with Gasteiger partial charge in [-0.15, -0.1) is 0 Å². The highest BCUT2D eigenvalue weighted by Gasteiger charge is 2.21. The van der Waals surface area contributed by atoms with Crippen LogP contribution in [0.25, 0.3) is 0 Å². The maximum Gasteiger partial charge on any atom is 0.263 e. The Hall–Kier alpha value is -1.36. The lowest BCUT2D eigenvalue weighted by Gasteiger charge is -2.08. The van der Waals surface area contributed by atoms with Gasteiger partial charge in [0.05, 0.1) is 0 Å². The summed E-state index contributed by atoms with van der Waals surface area (Å²) in [6.45, 7) is 0.817. The Morgan fingerprint density at radius 1 is 1.38 bits per heavy atom. The van der Waals surface area contributed by atoms with Crippen LogP contribution < -0.4 is 14.8 Å². The Labute approximate surface area is 92.4 Å². The van der Waals surface area contributed by atoms with Crippen molar-refractivity contribution >= 4 is 0 Å². The van der Waals surface area contributed by atoms with Crippen molar-refractivity contribution in [3.63, 3.8) is 0 Å². The van der Waals surface area contributed by atoms with E-state index in [2.05, 4.69) is 5.32 Å². The molecular formula is C11H13F2NO2. The molecule has 5 heteroatoms. The summed E-state index contributed by atoms with van der Waals surface area (Å²) in [5, 5.41) is 2.97. The molecule has 1 N–H and O–H groups in total. The summed E-state index contributed by atoms with van der Waals surface area (Å²) in [7, 11) is 1.81. The first-order valence-electron chi connectivity index (χ1n) is 5.07. The average Bonchev–Trinajstić information content (AvgIpc) is 2.73. The topological polar surface area (TPSA) is 30.5 Å². The van der Waals surface area contributed by atoms with E-state index in [4.69, 9.17) is 9.47 Å². The van der Waals surface area contributed by atoms with Gasteiger partial charge in [0, 0.05) is 5.56 Å². The lowest BCUT2D eigenvalue weighted by Crippen LogP contribution is -2.11. The molecule has 2 rings (SSSR count). The predicted octanol–water partition coefficient (Wildman–Crippen LogP) is 2.11. The maximum absolute atomic E-state index is 12.6. The minimum absolute atomic E-state index is 0.0182. The highest BCUT2D eigenvalue weighted by atomic mass is 19.3. The molecule has 16 heavy (non-hydrogen) atoms. The molecule has 0 spiro atoms. The summed E-state index contributed by atoms with van der Waals surface area (Å²) in [5.41, 5.74) is 0.745. The Balaban J connectivity index is 2.33. The number of rotatable bonds is 4. The second kappa shape index (κ2) is 4.65. The first-order chi connectivity index (χ1) is 7.72. The third-order valence-electron chi connectivity index (χ3n) is 2.47. The zero-order chi connectivity index (χ0) is 11.5. The molecule has 1 aromatic carbocycles. The van der Waals surface area contributed by atoms with Gasteiger partial charge in [-0.1, -0.05) is 0 Å². The monoisotopic (exact) mass is 229 g/mol. The molecule has 0 saturated carbocycles. The summed E-state index contributed by atoms with van der Waals surface area (Å²) in [5.74, 6) is 1.02. The van der Waals surface area contributed by atoms with Gasteiger partial charge >= 0.3 is 0 Å². The quantitative estimate of drug-likeness (QED) is 0.857. The van der Waals surface area contributed by atoms with E-state index in [-0.39, 0.29) is 12.4 Å². The summed E-state index contributed by atoms with van der Waals surface area (Å²) in [6, 6.07) is 2.82. The smallest absolute Gasteiger partial charge is 0.263 e. The Morgan fingerprint density at radius 2 is 2.19 bits per heavy atom. The van der Waals surface area contributed by atoms with Gasteiger partial charge in [0.1, 0.15) is 0 Å². The van der Waals surface area contributed by atoms with Crippen LogP contribution in [-0.4, -0.2) is 20.4 Å². The number of halogens is 2. The van der Waals surface area contributed by atoms with Gasteiger partial charge in [0.2, 0.25) is 6.79 Å². The number of fused-ring (bicyclic) bond motifs is 1. The number of likely N-dealkylation sites (N-methyl/N-ethyl adjacent to an activating group) is 1. The van der Waals surface area contributed by atoms with Gasteiger partial charge in [0.25, 0.3) is 6.43 Å². The van der Waals surface area contributed by atoms with Crippen LogP contribution in [0.5, 0.6) is 11.5 Å². The van der Waals surface area contributed by atoms with Gasteiger partial charge in [0.15, 0.2) is 11.5 Å². The molecule has 0 atom stereocenters. The van der Waals surface area contributed by atoms with Crippen LogP contribution in [0, 0.1) is 0 Å². The summed E-state index contributed by atoms with van der Waals surface area (Å²) >= 11 is 0. The number of ether oxygens (including phenoxy) is 2. The standard InChI is InChI=1S/C11H13F2NO2/c1-14-3-2-7-4-8(11(12)13)5-9-10(7)16-6-15-9/h4-5,11,14H,2-3,6H2,1H3. The highest BCUT2D eigenvalue weighted by Crippen LogP contribution is 2.39. The number of hydrogen-bond donors (Lipinski definition) is 1. The van der Waals surface area contributed by atoms with Gasteiger partial charge in [-0.3, -0.25) is 0 Å². The van der Waals surface area contributed by atoms with Crippen molar-refractivity contribution in [3.05, 3.63) is 23.3 Å². The van der Waals surface area contributed by atoms with Gasteiger partial charge < -0.3 is 14.8 Å². The average molecular weight is 229 g/mol. The van der Waals surface area contributed by atoms with Crippen molar-refractivity contribution in [3.8, 4) is 11.5 Å². The molecule has 88 valence electrons. The summed E-state index contributed by atoms with van der Waals surface area (Å²) in [6.07, 6.45) is -1.84. The van der Waals surface area contributed by atoms with Crippen molar-refractivity contribution in [2.75, 3.05) is 20.4 Å². The van der Waals surface area contributed by atoms with Crippen LogP contribution in [-0.2, 0) is 6.42 Å². The third-order valence-corrected chi connectivity index (χ3v) is 2.47. The maximum atomic E-state index is 12.6. The molecule has 0 unspecified atom stereocenters. The molecule has 0 bridgehead atoms. The molecule has 3 nitrogen and oxygen atoms in total. The van der Waals surface area contributed by atoms with Crippen molar-refractivity contribution < 1.29 is 18.3 Å². The zero-order valence-electron chi connectivity index (χ0n) is 8.93. The summed E-state index contributed by atoms with van der Waals surface area (Å²) in [4.78, 5) is 0. The largest absolute Gasteiger partial charge is 0.454 e.